The van der Waals surface area contributed by atoms with Crippen molar-refractivity contribution < 1.29 is 0 Å². The van der Waals surface area contributed by atoms with Crippen LogP contribution in [0.2, 0.25) is 0 Å². The molecule has 1 aliphatic rings. The van der Waals surface area contributed by atoms with E-state index in [-0.39, 0.29) is 5.54 Å². The van der Waals surface area contributed by atoms with Crippen LogP contribution in [-0.4, -0.2) is 18.6 Å². The Balaban J connectivity index is 2.33. The lowest BCUT2D eigenvalue weighted by Crippen LogP contribution is -2.52. The third kappa shape index (κ3) is 2.63. The van der Waals surface area contributed by atoms with Crippen molar-refractivity contribution in [2.75, 3.05) is 18.0 Å². The van der Waals surface area contributed by atoms with Crippen LogP contribution >= 0.6 is 0 Å². The fraction of sp³-hybridized carbons (Fsp3) is 0.600. The van der Waals surface area contributed by atoms with Gasteiger partial charge in [0.25, 0.3) is 0 Å². The molecule has 0 radical (unpaired) electrons. The molecule has 1 aliphatic heterocycles. The number of nitrogens with zero attached hydrogens (tertiary/aromatic N) is 1. The molecule has 1 fully saturated rings. The highest BCUT2D eigenvalue weighted by Crippen LogP contribution is 2.30. The molecule has 0 saturated carbocycles. The number of para-hydroxylation sites is 1. The van der Waals surface area contributed by atoms with E-state index in [2.05, 4.69) is 43.9 Å². The summed E-state index contributed by atoms with van der Waals surface area (Å²) in [4.78, 5) is 2.48. The Bertz CT molecular complexity index is 396. The van der Waals surface area contributed by atoms with Crippen molar-refractivity contribution in [2.45, 2.75) is 45.6 Å². The number of anilines is 1. The maximum Gasteiger partial charge on any atom is 0.0428 e. The first kappa shape index (κ1) is 12.4. The van der Waals surface area contributed by atoms with Crippen LogP contribution in [0.15, 0.2) is 18.2 Å². The Morgan fingerprint density at radius 3 is 2.82 bits per heavy atom. The van der Waals surface area contributed by atoms with Crippen LogP contribution in [0.1, 0.15) is 37.8 Å². The second-order valence-corrected chi connectivity index (χ2v) is 5.62. The molecule has 2 heteroatoms. The van der Waals surface area contributed by atoms with Gasteiger partial charge in [0.1, 0.15) is 0 Å². The first-order valence-corrected chi connectivity index (χ1v) is 6.66. The van der Waals surface area contributed by atoms with E-state index in [0.29, 0.717) is 0 Å². The van der Waals surface area contributed by atoms with Crippen LogP contribution in [-0.2, 0) is 6.42 Å². The highest BCUT2D eigenvalue weighted by atomic mass is 15.2. The zero-order valence-electron chi connectivity index (χ0n) is 11.3. The molecule has 2 nitrogen and oxygen atoms in total. The van der Waals surface area contributed by atoms with Gasteiger partial charge in [-0.15, -0.1) is 0 Å². The topological polar surface area (TPSA) is 29.3 Å². The summed E-state index contributed by atoms with van der Waals surface area (Å²) in [5.74, 6) is 0. The number of hydrogen-bond donors (Lipinski definition) is 1. The minimum absolute atomic E-state index is 0.0362. The molecule has 1 aromatic carbocycles. The fourth-order valence-electron chi connectivity index (χ4n) is 2.92. The van der Waals surface area contributed by atoms with Crippen molar-refractivity contribution in [3.63, 3.8) is 0 Å². The fourth-order valence-corrected chi connectivity index (χ4v) is 2.92. The molecular formula is C15H24N2. The minimum Gasteiger partial charge on any atom is -0.369 e. The predicted molar refractivity (Wildman–Crippen MR) is 74.6 cm³/mol. The molecule has 17 heavy (non-hydrogen) atoms. The normalized spacial score (nSPS) is 25.1. The van der Waals surface area contributed by atoms with Crippen molar-refractivity contribution >= 4 is 5.69 Å². The SMILES string of the molecule is CCc1cccc(C)c1N1CCCC(C)(N)C1. The van der Waals surface area contributed by atoms with Gasteiger partial charge >= 0.3 is 0 Å². The first-order chi connectivity index (χ1) is 8.03. The van der Waals surface area contributed by atoms with E-state index in [0.717, 1.165) is 25.9 Å². The number of hydrogen-bond acceptors (Lipinski definition) is 2. The Morgan fingerprint density at radius 2 is 2.18 bits per heavy atom. The summed E-state index contributed by atoms with van der Waals surface area (Å²) in [6, 6.07) is 6.60. The summed E-state index contributed by atoms with van der Waals surface area (Å²) < 4.78 is 0. The molecule has 1 aromatic rings. The molecule has 1 atom stereocenters. The second kappa shape index (κ2) is 4.69. The van der Waals surface area contributed by atoms with Crippen molar-refractivity contribution in [3.8, 4) is 0 Å². The Labute approximate surface area is 105 Å². The number of rotatable bonds is 2. The predicted octanol–water partition coefficient (Wildman–Crippen LogP) is 2.88. The Kier molecular flexibility index (Phi) is 3.43. The third-order valence-electron chi connectivity index (χ3n) is 3.75. The van der Waals surface area contributed by atoms with Crippen LogP contribution in [0.25, 0.3) is 0 Å². The van der Waals surface area contributed by atoms with E-state index in [9.17, 15) is 0 Å². The van der Waals surface area contributed by atoms with Crippen molar-refractivity contribution in [1.82, 2.24) is 0 Å². The van der Waals surface area contributed by atoms with Gasteiger partial charge in [-0.1, -0.05) is 25.1 Å². The third-order valence-corrected chi connectivity index (χ3v) is 3.75. The molecule has 1 unspecified atom stereocenters. The Morgan fingerprint density at radius 1 is 1.41 bits per heavy atom. The monoisotopic (exact) mass is 232 g/mol. The highest BCUT2D eigenvalue weighted by molar-refractivity contribution is 5.60. The molecule has 0 amide bonds. The van der Waals surface area contributed by atoms with E-state index in [1.54, 1.807) is 0 Å². The molecule has 94 valence electrons. The van der Waals surface area contributed by atoms with Crippen LogP contribution in [0, 0.1) is 6.92 Å². The maximum absolute atomic E-state index is 6.31. The van der Waals surface area contributed by atoms with Gasteiger partial charge in [-0.3, -0.25) is 0 Å². The molecule has 2 N–H and O–H groups in total. The van der Waals surface area contributed by atoms with Crippen LogP contribution in [0.5, 0.6) is 0 Å². The zero-order chi connectivity index (χ0) is 12.5. The van der Waals surface area contributed by atoms with Gasteiger partial charge in [0.15, 0.2) is 0 Å². The summed E-state index contributed by atoms with van der Waals surface area (Å²) in [5, 5.41) is 0. The molecular weight excluding hydrogens is 208 g/mol. The second-order valence-electron chi connectivity index (χ2n) is 5.62. The molecule has 1 saturated heterocycles. The summed E-state index contributed by atoms with van der Waals surface area (Å²) in [6.45, 7) is 8.72. The van der Waals surface area contributed by atoms with Gasteiger partial charge in [-0.25, -0.2) is 0 Å². The molecule has 0 aromatic heterocycles. The summed E-state index contributed by atoms with van der Waals surface area (Å²) >= 11 is 0. The largest absolute Gasteiger partial charge is 0.369 e. The number of benzene rings is 1. The standard InChI is InChI=1S/C15H24N2/c1-4-13-8-5-7-12(2)14(13)17-10-6-9-15(3,16)11-17/h5,7-8H,4,6,9-11,16H2,1-3H3. The van der Waals surface area contributed by atoms with Gasteiger partial charge < -0.3 is 10.6 Å². The van der Waals surface area contributed by atoms with Crippen LogP contribution in [0.3, 0.4) is 0 Å². The number of piperidine rings is 1. The summed E-state index contributed by atoms with van der Waals surface area (Å²) in [6.07, 6.45) is 3.43. The van der Waals surface area contributed by atoms with E-state index in [1.807, 2.05) is 0 Å². The quantitative estimate of drug-likeness (QED) is 0.849. The van der Waals surface area contributed by atoms with Crippen LogP contribution < -0.4 is 10.6 Å². The van der Waals surface area contributed by atoms with Gasteiger partial charge in [0.2, 0.25) is 0 Å². The molecule has 2 rings (SSSR count). The summed E-state index contributed by atoms with van der Waals surface area (Å²) in [5.41, 5.74) is 10.5. The smallest absolute Gasteiger partial charge is 0.0428 e. The number of nitrogens with two attached hydrogens (primary N) is 1. The molecule has 0 bridgehead atoms. The zero-order valence-corrected chi connectivity index (χ0v) is 11.3. The van der Waals surface area contributed by atoms with Crippen molar-refractivity contribution in [1.29, 1.82) is 0 Å². The van der Waals surface area contributed by atoms with Crippen LogP contribution in [0.4, 0.5) is 5.69 Å². The average Bonchev–Trinajstić information content (AvgIpc) is 2.27. The first-order valence-electron chi connectivity index (χ1n) is 6.66. The van der Waals surface area contributed by atoms with E-state index in [1.165, 1.54) is 23.2 Å². The van der Waals surface area contributed by atoms with Crippen molar-refractivity contribution in [2.24, 2.45) is 5.73 Å². The van der Waals surface area contributed by atoms with E-state index >= 15 is 0 Å². The minimum atomic E-state index is -0.0362. The summed E-state index contributed by atoms with van der Waals surface area (Å²) in [7, 11) is 0. The number of aryl methyl sites for hydroxylation is 2. The van der Waals surface area contributed by atoms with E-state index < -0.39 is 0 Å². The van der Waals surface area contributed by atoms with Gasteiger partial charge in [-0.05, 0) is 44.2 Å². The van der Waals surface area contributed by atoms with E-state index in [4.69, 9.17) is 5.73 Å². The lowest BCUT2D eigenvalue weighted by atomic mass is 9.91. The molecule has 1 heterocycles. The van der Waals surface area contributed by atoms with Gasteiger partial charge in [0.05, 0.1) is 0 Å². The molecule has 0 aliphatic carbocycles. The Hall–Kier alpha value is -1.02. The van der Waals surface area contributed by atoms with Crippen molar-refractivity contribution in [3.05, 3.63) is 29.3 Å². The maximum atomic E-state index is 6.31. The lowest BCUT2D eigenvalue weighted by Gasteiger charge is -2.40. The van der Waals surface area contributed by atoms with Gasteiger partial charge in [0, 0.05) is 24.3 Å². The average molecular weight is 232 g/mol. The molecule has 0 spiro atoms. The lowest BCUT2D eigenvalue weighted by molar-refractivity contribution is 0.374. The highest BCUT2D eigenvalue weighted by Gasteiger charge is 2.28. The van der Waals surface area contributed by atoms with Gasteiger partial charge in [-0.2, -0.15) is 0 Å².